The first-order chi connectivity index (χ1) is 6.29. The highest BCUT2D eigenvalue weighted by molar-refractivity contribution is 5.20. The molecular formula is C8H8N2O3. The van der Waals surface area contributed by atoms with E-state index < -0.39 is 0 Å². The number of carbonyl (C=O) groups excluding carboxylic acids is 2. The Labute approximate surface area is 74.0 Å². The lowest BCUT2D eigenvalue weighted by Gasteiger charge is -1.97. The molecule has 1 aromatic heterocycles. The second-order valence-corrected chi connectivity index (χ2v) is 2.54. The molecule has 1 aliphatic rings. The number of rotatable bonds is 0. The van der Waals surface area contributed by atoms with Crippen molar-refractivity contribution in [2.45, 2.75) is 19.4 Å². The van der Waals surface area contributed by atoms with E-state index in [9.17, 15) is 4.79 Å². The van der Waals surface area contributed by atoms with Gasteiger partial charge in [0.25, 0.3) is 5.56 Å². The fourth-order valence-corrected chi connectivity index (χ4v) is 1.31. The van der Waals surface area contributed by atoms with Crippen molar-refractivity contribution in [3.8, 4) is 0 Å². The average molecular weight is 180 g/mol. The van der Waals surface area contributed by atoms with E-state index >= 15 is 0 Å². The summed E-state index contributed by atoms with van der Waals surface area (Å²) in [7, 11) is 0. The van der Waals surface area contributed by atoms with E-state index in [1.165, 1.54) is 6.07 Å². The first-order valence-corrected chi connectivity index (χ1v) is 3.83. The molecular weight excluding hydrogens is 172 g/mol. The highest BCUT2D eigenvalue weighted by atomic mass is 16.2. The lowest BCUT2D eigenvalue weighted by molar-refractivity contribution is -0.191. The topological polar surface area (TPSA) is 69.0 Å². The van der Waals surface area contributed by atoms with Crippen LogP contribution in [0.3, 0.4) is 0 Å². The third kappa shape index (κ3) is 2.10. The summed E-state index contributed by atoms with van der Waals surface area (Å²) < 4.78 is 1.74. The van der Waals surface area contributed by atoms with E-state index in [-0.39, 0.29) is 11.7 Å². The fourth-order valence-electron chi connectivity index (χ4n) is 1.31. The molecule has 0 saturated heterocycles. The van der Waals surface area contributed by atoms with Crippen LogP contribution in [-0.4, -0.2) is 15.7 Å². The van der Waals surface area contributed by atoms with Crippen molar-refractivity contribution in [3.63, 3.8) is 0 Å². The number of fused-ring (bicyclic) bond motifs is 1. The van der Waals surface area contributed by atoms with Crippen LogP contribution in [0.4, 0.5) is 0 Å². The summed E-state index contributed by atoms with van der Waals surface area (Å²) in [6.45, 7) is 0.849. The number of aryl methyl sites for hydroxylation is 1. The normalized spacial score (nSPS) is 12.3. The van der Waals surface area contributed by atoms with Crippen LogP contribution in [0.5, 0.6) is 0 Å². The van der Waals surface area contributed by atoms with Gasteiger partial charge in [0.05, 0.1) is 0 Å². The zero-order valence-electron chi connectivity index (χ0n) is 6.90. The Kier molecular flexibility index (Phi) is 3.11. The lowest BCUT2D eigenvalue weighted by atomic mass is 10.4. The van der Waals surface area contributed by atoms with Crippen molar-refractivity contribution in [3.05, 3.63) is 28.4 Å². The molecule has 0 atom stereocenters. The van der Waals surface area contributed by atoms with Crippen molar-refractivity contribution in [2.75, 3.05) is 0 Å². The van der Waals surface area contributed by atoms with Crippen LogP contribution in [0.2, 0.25) is 0 Å². The predicted molar refractivity (Wildman–Crippen MR) is 41.8 cm³/mol. The summed E-state index contributed by atoms with van der Waals surface area (Å²) in [6.07, 6.45) is 3.85. The van der Waals surface area contributed by atoms with Gasteiger partial charge in [-0.1, -0.05) is 0 Å². The van der Waals surface area contributed by atoms with Crippen molar-refractivity contribution >= 4 is 6.15 Å². The number of hydrogen-bond donors (Lipinski definition) is 0. The molecule has 0 aromatic carbocycles. The Balaban J connectivity index is 0.000000251. The number of nitrogens with zero attached hydrogens (tertiary/aromatic N) is 2. The van der Waals surface area contributed by atoms with E-state index in [0.717, 1.165) is 25.2 Å². The van der Waals surface area contributed by atoms with Gasteiger partial charge in [-0.3, -0.25) is 9.36 Å². The molecule has 2 rings (SSSR count). The van der Waals surface area contributed by atoms with Gasteiger partial charge in [0.1, 0.15) is 5.82 Å². The molecule has 0 radical (unpaired) electrons. The van der Waals surface area contributed by atoms with Gasteiger partial charge in [0.2, 0.25) is 0 Å². The van der Waals surface area contributed by atoms with E-state index in [1.807, 2.05) is 0 Å². The maximum absolute atomic E-state index is 11.0. The van der Waals surface area contributed by atoms with Crippen LogP contribution in [0.25, 0.3) is 0 Å². The fraction of sp³-hybridized carbons (Fsp3) is 0.375. The van der Waals surface area contributed by atoms with E-state index in [2.05, 4.69) is 4.98 Å². The number of hydrogen-bond acceptors (Lipinski definition) is 4. The zero-order chi connectivity index (χ0) is 9.68. The van der Waals surface area contributed by atoms with Crippen LogP contribution in [-0.2, 0) is 22.6 Å². The summed E-state index contributed by atoms with van der Waals surface area (Å²) in [5, 5.41) is 0. The highest BCUT2D eigenvalue weighted by Gasteiger charge is 2.10. The molecule has 0 aliphatic carbocycles. The third-order valence-corrected chi connectivity index (χ3v) is 1.80. The Bertz CT molecular complexity index is 377. The summed E-state index contributed by atoms with van der Waals surface area (Å²) in [4.78, 5) is 31.4. The van der Waals surface area contributed by atoms with Gasteiger partial charge >= 0.3 is 6.15 Å². The molecule has 0 N–H and O–H groups in total. The SMILES string of the molecule is O=C=O.O=c1ccnc2n1CCC2. The molecule has 5 heteroatoms. The van der Waals surface area contributed by atoms with Gasteiger partial charge < -0.3 is 0 Å². The molecule has 68 valence electrons. The maximum Gasteiger partial charge on any atom is 0.373 e. The van der Waals surface area contributed by atoms with E-state index in [0.29, 0.717) is 0 Å². The first kappa shape index (κ1) is 9.35. The molecule has 0 saturated carbocycles. The van der Waals surface area contributed by atoms with Gasteiger partial charge in [0, 0.05) is 25.2 Å². The lowest BCUT2D eigenvalue weighted by Crippen LogP contribution is -2.18. The van der Waals surface area contributed by atoms with Crippen molar-refractivity contribution < 1.29 is 9.59 Å². The molecule has 5 nitrogen and oxygen atoms in total. The largest absolute Gasteiger partial charge is 0.373 e. The Morgan fingerprint density at radius 3 is 2.77 bits per heavy atom. The molecule has 2 heterocycles. The third-order valence-electron chi connectivity index (χ3n) is 1.80. The molecule has 13 heavy (non-hydrogen) atoms. The average Bonchev–Trinajstić information content (AvgIpc) is 2.54. The Hall–Kier alpha value is -1.74. The second-order valence-electron chi connectivity index (χ2n) is 2.54. The summed E-state index contributed by atoms with van der Waals surface area (Å²) in [5.74, 6) is 0.938. The molecule has 0 unspecified atom stereocenters. The maximum atomic E-state index is 11.0. The van der Waals surface area contributed by atoms with Crippen molar-refractivity contribution in [1.29, 1.82) is 0 Å². The molecule has 0 fully saturated rings. The monoisotopic (exact) mass is 180 g/mol. The van der Waals surface area contributed by atoms with Crippen molar-refractivity contribution in [2.24, 2.45) is 0 Å². The van der Waals surface area contributed by atoms with Gasteiger partial charge in [-0.15, -0.1) is 0 Å². The summed E-state index contributed by atoms with van der Waals surface area (Å²) >= 11 is 0. The summed E-state index contributed by atoms with van der Waals surface area (Å²) in [5.41, 5.74) is 0.0856. The van der Waals surface area contributed by atoms with Crippen LogP contribution < -0.4 is 5.56 Å². The van der Waals surface area contributed by atoms with Gasteiger partial charge in [0.15, 0.2) is 0 Å². The van der Waals surface area contributed by atoms with E-state index in [1.54, 1.807) is 10.8 Å². The smallest absolute Gasteiger partial charge is 0.297 e. The van der Waals surface area contributed by atoms with Gasteiger partial charge in [-0.05, 0) is 6.42 Å². The standard InChI is InChI=1S/C7H8N2O.CO2/c10-7-3-4-8-6-2-1-5-9(6)7;2-1-3/h3-4H,1-2,5H2;. The minimum absolute atomic E-state index is 0.0856. The number of aromatic nitrogens is 2. The Morgan fingerprint density at radius 1 is 1.46 bits per heavy atom. The Morgan fingerprint density at radius 2 is 2.15 bits per heavy atom. The van der Waals surface area contributed by atoms with E-state index in [4.69, 9.17) is 9.59 Å². The zero-order valence-corrected chi connectivity index (χ0v) is 6.90. The predicted octanol–water partition coefficient (Wildman–Crippen LogP) is -0.394. The molecule has 0 amide bonds. The van der Waals surface area contributed by atoms with Crippen LogP contribution >= 0.6 is 0 Å². The summed E-state index contributed by atoms with van der Waals surface area (Å²) in [6, 6.07) is 1.51. The minimum atomic E-state index is 0.0856. The van der Waals surface area contributed by atoms with Crippen molar-refractivity contribution in [1.82, 2.24) is 9.55 Å². The second kappa shape index (κ2) is 4.33. The molecule has 0 spiro atoms. The molecule has 1 aliphatic heterocycles. The quantitative estimate of drug-likeness (QED) is 0.545. The van der Waals surface area contributed by atoms with Gasteiger partial charge in [-0.25, -0.2) is 4.98 Å². The van der Waals surface area contributed by atoms with Crippen LogP contribution in [0, 0.1) is 0 Å². The van der Waals surface area contributed by atoms with Crippen LogP contribution in [0.15, 0.2) is 17.1 Å². The minimum Gasteiger partial charge on any atom is -0.297 e. The molecule has 1 aromatic rings. The van der Waals surface area contributed by atoms with Crippen LogP contribution in [0.1, 0.15) is 12.2 Å². The van der Waals surface area contributed by atoms with Gasteiger partial charge in [-0.2, -0.15) is 9.59 Å². The first-order valence-electron chi connectivity index (χ1n) is 3.83. The highest BCUT2D eigenvalue weighted by Crippen LogP contribution is 2.06. The molecule has 0 bridgehead atoms.